The highest BCUT2D eigenvalue weighted by Gasteiger charge is 2.30. The summed E-state index contributed by atoms with van der Waals surface area (Å²) in [5.74, 6) is -1.04. The van der Waals surface area contributed by atoms with Crippen LogP contribution in [0.1, 0.15) is 42.1 Å². The molecule has 0 unspecified atom stereocenters. The van der Waals surface area contributed by atoms with Crippen LogP contribution in [0.4, 0.5) is 0 Å². The average molecular weight is 408 g/mol. The van der Waals surface area contributed by atoms with Gasteiger partial charge in [-0.15, -0.1) is 0 Å². The van der Waals surface area contributed by atoms with Crippen molar-refractivity contribution in [1.29, 1.82) is 0 Å². The maximum absolute atomic E-state index is 12.2. The van der Waals surface area contributed by atoms with Gasteiger partial charge in [-0.2, -0.15) is 0 Å². The highest BCUT2D eigenvalue weighted by molar-refractivity contribution is 7.91. The smallest absolute Gasteiger partial charge is 0.338 e. The zero-order chi connectivity index (χ0) is 20.3. The first-order valence-electron chi connectivity index (χ1n) is 9.32. The van der Waals surface area contributed by atoms with Gasteiger partial charge in [0.2, 0.25) is 5.91 Å². The molecule has 1 aromatic rings. The molecule has 1 aromatic carbocycles. The predicted octanol–water partition coefficient (Wildman–Crippen LogP) is 0.658. The highest BCUT2D eigenvalue weighted by atomic mass is 32.2. The first kappa shape index (κ1) is 20.3. The van der Waals surface area contributed by atoms with Crippen LogP contribution in [0.2, 0.25) is 0 Å². The van der Waals surface area contributed by atoms with Crippen molar-refractivity contribution in [3.63, 3.8) is 0 Å². The second-order valence-electron chi connectivity index (χ2n) is 7.27. The van der Waals surface area contributed by atoms with E-state index >= 15 is 0 Å². The molecule has 2 aliphatic heterocycles. The zero-order valence-electron chi connectivity index (χ0n) is 15.7. The number of hydrogen-bond acceptors (Lipinski definition) is 6. The summed E-state index contributed by atoms with van der Waals surface area (Å²) in [6, 6.07) is 6.29. The lowest BCUT2D eigenvalue weighted by molar-refractivity contribution is -0.129. The molecule has 0 aromatic heterocycles. The summed E-state index contributed by atoms with van der Waals surface area (Å²) in [4.78, 5) is 37.8. The Labute approximate surface area is 164 Å². The minimum absolute atomic E-state index is 0.0570. The minimum Gasteiger partial charge on any atom is -0.449 e. The normalized spacial score (nSPS) is 22.1. The van der Waals surface area contributed by atoms with Gasteiger partial charge < -0.3 is 15.0 Å². The van der Waals surface area contributed by atoms with Crippen LogP contribution in [0.5, 0.6) is 0 Å². The number of nitrogens with one attached hydrogen (secondary N) is 1. The minimum atomic E-state index is -3.10. The van der Waals surface area contributed by atoms with Crippen molar-refractivity contribution in [3.8, 4) is 0 Å². The number of benzene rings is 1. The van der Waals surface area contributed by atoms with Crippen LogP contribution in [0.25, 0.3) is 0 Å². The fraction of sp³-hybridized carbons (Fsp3) is 0.526. The average Bonchev–Trinajstić information content (AvgIpc) is 3.20. The number of esters is 1. The number of carbonyl (C=O) groups is 3. The fourth-order valence-corrected chi connectivity index (χ4v) is 5.02. The van der Waals surface area contributed by atoms with E-state index in [1.165, 1.54) is 6.92 Å². The molecule has 152 valence electrons. The van der Waals surface area contributed by atoms with Gasteiger partial charge in [0.1, 0.15) is 0 Å². The van der Waals surface area contributed by atoms with Crippen molar-refractivity contribution in [3.05, 3.63) is 35.4 Å². The van der Waals surface area contributed by atoms with Gasteiger partial charge in [-0.25, -0.2) is 13.2 Å². The van der Waals surface area contributed by atoms with Gasteiger partial charge in [-0.05, 0) is 37.5 Å². The molecular formula is C19H24N2O6S. The number of hydrogen-bond donors (Lipinski definition) is 1. The van der Waals surface area contributed by atoms with E-state index in [2.05, 4.69) is 5.32 Å². The second-order valence-corrected chi connectivity index (χ2v) is 9.50. The molecule has 0 aliphatic carbocycles. The third-order valence-corrected chi connectivity index (χ3v) is 6.73. The third kappa shape index (κ3) is 5.09. The van der Waals surface area contributed by atoms with Gasteiger partial charge in [0.05, 0.1) is 17.1 Å². The molecule has 0 bridgehead atoms. The lowest BCUT2D eigenvalue weighted by atomic mass is 10.1. The number of carbonyl (C=O) groups excluding carboxylic acids is 3. The molecule has 2 saturated heterocycles. The number of likely N-dealkylation sites (tertiary alicyclic amines) is 1. The molecule has 2 fully saturated rings. The largest absolute Gasteiger partial charge is 0.449 e. The first-order valence-corrected chi connectivity index (χ1v) is 11.1. The highest BCUT2D eigenvalue weighted by Crippen LogP contribution is 2.16. The number of ether oxygens (including phenoxy) is 1. The molecule has 0 radical (unpaired) electrons. The Morgan fingerprint density at radius 3 is 2.57 bits per heavy atom. The third-order valence-electron chi connectivity index (χ3n) is 4.97. The van der Waals surface area contributed by atoms with E-state index in [-0.39, 0.29) is 17.4 Å². The number of rotatable bonds is 6. The summed E-state index contributed by atoms with van der Waals surface area (Å²) < 4.78 is 28.1. The summed E-state index contributed by atoms with van der Waals surface area (Å²) in [6.45, 7) is 2.71. The molecule has 8 nitrogen and oxygen atoms in total. The molecule has 2 atom stereocenters. The molecule has 0 saturated carbocycles. The summed E-state index contributed by atoms with van der Waals surface area (Å²) in [6.07, 6.45) is 0.792. The molecular weight excluding hydrogens is 384 g/mol. The van der Waals surface area contributed by atoms with Gasteiger partial charge >= 0.3 is 5.97 Å². The Balaban J connectivity index is 1.50. The maximum atomic E-state index is 12.2. The van der Waals surface area contributed by atoms with Gasteiger partial charge in [0.15, 0.2) is 15.9 Å². The quantitative estimate of drug-likeness (QED) is 0.693. The Morgan fingerprint density at radius 2 is 2.00 bits per heavy atom. The monoisotopic (exact) mass is 408 g/mol. The molecule has 3 rings (SSSR count). The standard InChI is InChI=1S/C19H24N2O6S/c1-13(18(23)20-16-8-10-28(25,26)12-16)27-19(24)15-6-4-14(5-7-15)11-21-9-2-3-17(21)22/h4-7,13,16H,2-3,8-12H2,1H3,(H,20,23)/t13-,16+/m1/s1. The Hall–Kier alpha value is -2.42. The number of amides is 2. The van der Waals surface area contributed by atoms with E-state index in [1.807, 2.05) is 0 Å². The van der Waals surface area contributed by atoms with Crippen molar-refractivity contribution in [2.24, 2.45) is 0 Å². The van der Waals surface area contributed by atoms with Gasteiger partial charge in [0, 0.05) is 25.6 Å². The van der Waals surface area contributed by atoms with Crippen molar-refractivity contribution < 1.29 is 27.5 Å². The summed E-state index contributed by atoms with van der Waals surface area (Å²) in [5, 5.41) is 2.61. The molecule has 0 spiro atoms. The van der Waals surface area contributed by atoms with Crippen molar-refractivity contribution >= 4 is 27.6 Å². The lowest BCUT2D eigenvalue weighted by Crippen LogP contribution is -2.42. The SMILES string of the molecule is C[C@@H](OC(=O)c1ccc(CN2CCCC2=O)cc1)C(=O)N[C@H]1CCS(=O)(=O)C1. The molecule has 9 heteroatoms. The predicted molar refractivity (Wildman–Crippen MR) is 101 cm³/mol. The van der Waals surface area contributed by atoms with Crippen LogP contribution < -0.4 is 5.32 Å². The van der Waals surface area contributed by atoms with Gasteiger partial charge in [-0.1, -0.05) is 12.1 Å². The van der Waals surface area contributed by atoms with Crippen molar-refractivity contribution in [1.82, 2.24) is 10.2 Å². The Morgan fingerprint density at radius 1 is 1.29 bits per heavy atom. The number of sulfone groups is 1. The molecule has 2 aliphatic rings. The molecule has 1 N–H and O–H groups in total. The van der Waals surface area contributed by atoms with Crippen LogP contribution in [-0.2, 0) is 30.7 Å². The molecule has 2 amide bonds. The lowest BCUT2D eigenvalue weighted by Gasteiger charge is -2.17. The summed E-state index contributed by atoms with van der Waals surface area (Å²) >= 11 is 0. The summed E-state index contributed by atoms with van der Waals surface area (Å²) in [7, 11) is -3.10. The number of nitrogens with zero attached hydrogens (tertiary/aromatic N) is 1. The topological polar surface area (TPSA) is 110 Å². The second kappa shape index (κ2) is 8.30. The van der Waals surface area contributed by atoms with E-state index in [1.54, 1.807) is 29.2 Å². The van der Waals surface area contributed by atoms with Crippen LogP contribution in [-0.4, -0.2) is 61.3 Å². The van der Waals surface area contributed by atoms with E-state index in [0.29, 0.717) is 24.9 Å². The fourth-order valence-electron chi connectivity index (χ4n) is 3.35. The molecule has 28 heavy (non-hydrogen) atoms. The van der Waals surface area contributed by atoms with Crippen LogP contribution in [0, 0.1) is 0 Å². The Bertz CT molecular complexity index is 865. The van der Waals surface area contributed by atoms with Crippen molar-refractivity contribution in [2.45, 2.75) is 44.9 Å². The van der Waals surface area contributed by atoms with Gasteiger partial charge in [-0.3, -0.25) is 9.59 Å². The zero-order valence-corrected chi connectivity index (χ0v) is 16.5. The first-order chi connectivity index (χ1) is 13.2. The van der Waals surface area contributed by atoms with E-state index < -0.39 is 33.9 Å². The van der Waals surface area contributed by atoms with Crippen LogP contribution in [0.3, 0.4) is 0 Å². The van der Waals surface area contributed by atoms with Crippen LogP contribution >= 0.6 is 0 Å². The van der Waals surface area contributed by atoms with Crippen molar-refractivity contribution in [2.75, 3.05) is 18.1 Å². The summed E-state index contributed by atoms with van der Waals surface area (Å²) in [5.41, 5.74) is 1.22. The van der Waals surface area contributed by atoms with Crippen LogP contribution in [0.15, 0.2) is 24.3 Å². The Kier molecular flexibility index (Phi) is 6.02. The van der Waals surface area contributed by atoms with E-state index in [0.717, 1.165) is 18.5 Å². The molecule has 2 heterocycles. The van der Waals surface area contributed by atoms with E-state index in [9.17, 15) is 22.8 Å². The van der Waals surface area contributed by atoms with E-state index in [4.69, 9.17) is 4.74 Å². The maximum Gasteiger partial charge on any atom is 0.338 e. The van der Waals surface area contributed by atoms with Gasteiger partial charge in [0.25, 0.3) is 5.91 Å².